The number of halogens is 1. The van der Waals surface area contributed by atoms with Crippen LogP contribution < -0.4 is 16.2 Å². The number of amides is 1. The van der Waals surface area contributed by atoms with Gasteiger partial charge in [-0.3, -0.25) is 4.79 Å². The van der Waals surface area contributed by atoms with Crippen LogP contribution in [0.5, 0.6) is 11.6 Å². The monoisotopic (exact) mass is 291 g/mol. The first-order valence-corrected chi connectivity index (χ1v) is 6.41. The van der Waals surface area contributed by atoms with E-state index in [0.29, 0.717) is 16.5 Å². The number of carbonyl (C=O) groups is 1. The molecular formula is C14H14ClN3O2. The average molecular weight is 292 g/mol. The summed E-state index contributed by atoms with van der Waals surface area (Å²) in [7, 11) is 0. The van der Waals surface area contributed by atoms with Crippen LogP contribution in [0.4, 0.5) is 5.69 Å². The number of benzene rings is 1. The number of hydrogen-bond donors (Lipinski definition) is 2. The summed E-state index contributed by atoms with van der Waals surface area (Å²) in [5.74, 6) is 0.0537. The molecule has 0 fully saturated rings. The fourth-order valence-corrected chi connectivity index (χ4v) is 1.92. The normalized spacial score (nSPS) is 10.3. The summed E-state index contributed by atoms with van der Waals surface area (Å²) >= 11 is 6.04. The van der Waals surface area contributed by atoms with E-state index in [1.165, 1.54) is 12.1 Å². The molecule has 0 unspecified atom stereocenters. The molecule has 0 aliphatic carbocycles. The Morgan fingerprint density at radius 1 is 1.35 bits per heavy atom. The summed E-state index contributed by atoms with van der Waals surface area (Å²) in [6.07, 6.45) is 0.778. The summed E-state index contributed by atoms with van der Waals surface area (Å²) in [6, 6.07) is 8.23. The number of rotatable bonds is 4. The molecule has 1 aromatic heterocycles. The van der Waals surface area contributed by atoms with Crippen molar-refractivity contribution in [2.24, 2.45) is 5.73 Å². The van der Waals surface area contributed by atoms with E-state index in [1.54, 1.807) is 18.2 Å². The maximum Gasteiger partial charge on any atom is 0.267 e. The molecule has 0 saturated heterocycles. The molecule has 0 radical (unpaired) electrons. The molecule has 6 heteroatoms. The van der Waals surface area contributed by atoms with Crippen LogP contribution >= 0.6 is 11.6 Å². The van der Waals surface area contributed by atoms with Crippen molar-refractivity contribution in [2.45, 2.75) is 13.3 Å². The lowest BCUT2D eigenvalue weighted by molar-refractivity contribution is 0.0995. The molecule has 1 aromatic carbocycles. The van der Waals surface area contributed by atoms with E-state index in [-0.39, 0.29) is 11.6 Å². The van der Waals surface area contributed by atoms with Crippen molar-refractivity contribution < 1.29 is 9.53 Å². The topological polar surface area (TPSA) is 91.2 Å². The summed E-state index contributed by atoms with van der Waals surface area (Å²) in [5, 5.41) is 0.673. The molecule has 1 heterocycles. The lowest BCUT2D eigenvalue weighted by Gasteiger charge is -2.10. The van der Waals surface area contributed by atoms with E-state index < -0.39 is 5.91 Å². The second kappa shape index (κ2) is 5.79. The Morgan fingerprint density at radius 3 is 2.75 bits per heavy atom. The molecule has 0 atom stereocenters. The molecule has 0 saturated carbocycles. The first-order chi connectivity index (χ1) is 9.51. The van der Waals surface area contributed by atoms with Crippen LogP contribution in [0.2, 0.25) is 5.02 Å². The first kappa shape index (κ1) is 14.1. The molecular weight excluding hydrogens is 278 g/mol. The largest absolute Gasteiger partial charge is 0.437 e. The zero-order chi connectivity index (χ0) is 14.7. The van der Waals surface area contributed by atoms with Gasteiger partial charge in [0.05, 0.1) is 5.69 Å². The molecule has 104 valence electrons. The second-order valence-electron chi connectivity index (χ2n) is 4.16. The van der Waals surface area contributed by atoms with Gasteiger partial charge in [-0.1, -0.05) is 18.5 Å². The summed E-state index contributed by atoms with van der Waals surface area (Å²) in [5.41, 5.74) is 12.3. The highest BCUT2D eigenvalue weighted by atomic mass is 35.5. The van der Waals surface area contributed by atoms with Crippen molar-refractivity contribution >= 4 is 23.2 Å². The van der Waals surface area contributed by atoms with Gasteiger partial charge in [-0.05, 0) is 42.3 Å². The highest BCUT2D eigenvalue weighted by Crippen LogP contribution is 2.28. The molecule has 0 aliphatic heterocycles. The van der Waals surface area contributed by atoms with Crippen LogP contribution in [0.25, 0.3) is 0 Å². The van der Waals surface area contributed by atoms with Crippen molar-refractivity contribution in [1.29, 1.82) is 0 Å². The third-order valence-corrected chi connectivity index (χ3v) is 3.12. The zero-order valence-electron chi connectivity index (χ0n) is 10.9. The number of carbonyl (C=O) groups excluding carboxylic acids is 1. The molecule has 2 rings (SSSR count). The van der Waals surface area contributed by atoms with Crippen LogP contribution in [-0.4, -0.2) is 10.9 Å². The third kappa shape index (κ3) is 3.00. The number of nitrogen functional groups attached to an aromatic ring is 1. The maximum atomic E-state index is 11.1. The number of aryl methyl sites for hydroxylation is 1. The van der Waals surface area contributed by atoms with Gasteiger partial charge < -0.3 is 16.2 Å². The van der Waals surface area contributed by atoms with E-state index in [1.807, 2.05) is 6.92 Å². The van der Waals surface area contributed by atoms with Crippen molar-refractivity contribution in [2.75, 3.05) is 5.73 Å². The predicted molar refractivity (Wildman–Crippen MR) is 78.1 cm³/mol. The molecule has 4 N–H and O–H groups in total. The van der Waals surface area contributed by atoms with E-state index in [0.717, 1.165) is 12.0 Å². The molecule has 5 nitrogen and oxygen atoms in total. The predicted octanol–water partition coefficient (Wildman–Crippen LogP) is 2.77. The molecule has 0 bridgehead atoms. The highest BCUT2D eigenvalue weighted by Gasteiger charge is 2.10. The fraction of sp³-hybridized carbons (Fsp3) is 0.143. The summed E-state index contributed by atoms with van der Waals surface area (Å²) < 4.78 is 5.59. The van der Waals surface area contributed by atoms with Gasteiger partial charge >= 0.3 is 0 Å². The number of nitrogens with two attached hydrogens (primary N) is 2. The van der Waals surface area contributed by atoms with Gasteiger partial charge in [-0.15, -0.1) is 0 Å². The van der Waals surface area contributed by atoms with Crippen molar-refractivity contribution in [3.05, 3.63) is 46.6 Å². The Morgan fingerprint density at radius 2 is 2.10 bits per heavy atom. The minimum atomic E-state index is -0.639. The van der Waals surface area contributed by atoms with E-state index in [9.17, 15) is 4.79 Å². The van der Waals surface area contributed by atoms with Crippen LogP contribution in [0.1, 0.15) is 23.0 Å². The van der Waals surface area contributed by atoms with Gasteiger partial charge in [0, 0.05) is 5.02 Å². The molecule has 1 amide bonds. The van der Waals surface area contributed by atoms with Gasteiger partial charge in [0.1, 0.15) is 11.4 Å². The van der Waals surface area contributed by atoms with Gasteiger partial charge in [0.15, 0.2) is 0 Å². The number of nitrogens with zero attached hydrogens (tertiary/aromatic N) is 1. The Bertz CT molecular complexity index is 659. The van der Waals surface area contributed by atoms with Crippen LogP contribution in [0, 0.1) is 0 Å². The van der Waals surface area contributed by atoms with E-state index in [4.69, 9.17) is 27.8 Å². The zero-order valence-corrected chi connectivity index (χ0v) is 11.6. The lowest BCUT2D eigenvalue weighted by Crippen LogP contribution is -2.13. The van der Waals surface area contributed by atoms with Crippen LogP contribution in [0.15, 0.2) is 30.3 Å². The quantitative estimate of drug-likeness (QED) is 0.906. The summed E-state index contributed by atoms with van der Waals surface area (Å²) in [4.78, 5) is 15.1. The first-order valence-electron chi connectivity index (χ1n) is 6.04. The Kier molecular flexibility index (Phi) is 4.10. The maximum absolute atomic E-state index is 11.1. The molecule has 0 aliphatic rings. The van der Waals surface area contributed by atoms with Crippen molar-refractivity contribution in [3.8, 4) is 11.6 Å². The lowest BCUT2D eigenvalue weighted by atomic mass is 10.1. The van der Waals surface area contributed by atoms with Gasteiger partial charge in [0.25, 0.3) is 5.91 Å². The van der Waals surface area contributed by atoms with Gasteiger partial charge in [0.2, 0.25) is 5.88 Å². The number of anilines is 1. The van der Waals surface area contributed by atoms with Gasteiger partial charge in [-0.2, -0.15) is 0 Å². The smallest absolute Gasteiger partial charge is 0.267 e. The Balaban J connectivity index is 2.34. The molecule has 2 aromatic rings. The fourth-order valence-electron chi connectivity index (χ4n) is 1.67. The highest BCUT2D eigenvalue weighted by molar-refractivity contribution is 6.31. The van der Waals surface area contributed by atoms with Crippen molar-refractivity contribution in [3.63, 3.8) is 0 Å². The average Bonchev–Trinajstić information content (AvgIpc) is 2.43. The number of aromatic nitrogens is 1. The molecule has 20 heavy (non-hydrogen) atoms. The SMILES string of the molecule is CCc1cc(Oc2nc(C(N)=O)ccc2N)ccc1Cl. The minimum absolute atomic E-state index is 0.0962. The number of pyridine rings is 1. The Hall–Kier alpha value is -2.27. The van der Waals surface area contributed by atoms with Crippen LogP contribution in [0.3, 0.4) is 0 Å². The van der Waals surface area contributed by atoms with E-state index >= 15 is 0 Å². The number of primary amides is 1. The second-order valence-corrected chi connectivity index (χ2v) is 4.57. The van der Waals surface area contributed by atoms with Crippen molar-refractivity contribution in [1.82, 2.24) is 4.98 Å². The Labute approximate surface area is 121 Å². The number of hydrogen-bond acceptors (Lipinski definition) is 4. The van der Waals surface area contributed by atoms with E-state index in [2.05, 4.69) is 4.98 Å². The third-order valence-electron chi connectivity index (χ3n) is 2.75. The number of ether oxygens (including phenoxy) is 1. The molecule has 0 spiro atoms. The summed E-state index contributed by atoms with van der Waals surface area (Å²) in [6.45, 7) is 1.99. The standard InChI is InChI=1S/C14H14ClN3O2/c1-2-8-7-9(3-4-10(8)15)20-14-11(16)5-6-12(18-14)13(17)19/h3-7H,2,16H2,1H3,(H2,17,19). The minimum Gasteiger partial charge on any atom is -0.437 e. The van der Waals surface area contributed by atoms with Crippen LogP contribution in [-0.2, 0) is 6.42 Å². The van der Waals surface area contributed by atoms with Gasteiger partial charge in [-0.25, -0.2) is 4.98 Å².